The van der Waals surface area contributed by atoms with E-state index in [9.17, 15) is 14.7 Å². The van der Waals surface area contributed by atoms with Crippen molar-refractivity contribution in [1.82, 2.24) is 10.2 Å². The lowest BCUT2D eigenvalue weighted by Crippen LogP contribution is -2.48. The molecule has 3 atom stereocenters. The summed E-state index contributed by atoms with van der Waals surface area (Å²) in [6.07, 6.45) is 2.98. The smallest absolute Gasteiger partial charge is 0.320 e. The highest BCUT2D eigenvalue weighted by Gasteiger charge is 2.42. The van der Waals surface area contributed by atoms with E-state index in [4.69, 9.17) is 0 Å². The molecule has 0 aliphatic carbocycles. The van der Waals surface area contributed by atoms with Crippen LogP contribution in [0.2, 0.25) is 0 Å². The first-order valence-electron chi connectivity index (χ1n) is 5.90. The minimum Gasteiger partial charge on any atom is -0.480 e. The zero-order valence-corrected chi connectivity index (χ0v) is 9.48. The third-order valence-electron chi connectivity index (χ3n) is 3.66. The van der Waals surface area contributed by atoms with Crippen molar-refractivity contribution in [3.8, 4) is 0 Å². The first-order valence-corrected chi connectivity index (χ1v) is 5.90. The summed E-state index contributed by atoms with van der Waals surface area (Å²) >= 11 is 0. The number of hydrogen-bond donors (Lipinski definition) is 2. The van der Waals surface area contributed by atoms with Crippen LogP contribution in [0.25, 0.3) is 0 Å². The molecular weight excluding hydrogens is 208 g/mol. The van der Waals surface area contributed by atoms with Crippen LogP contribution in [0.15, 0.2) is 0 Å². The van der Waals surface area contributed by atoms with E-state index in [1.54, 1.807) is 0 Å². The highest BCUT2D eigenvalue weighted by Crippen LogP contribution is 2.31. The van der Waals surface area contributed by atoms with Gasteiger partial charge in [-0.3, -0.25) is 14.5 Å². The van der Waals surface area contributed by atoms with Crippen molar-refractivity contribution < 1.29 is 14.7 Å². The topological polar surface area (TPSA) is 69.6 Å². The Bertz CT molecular complexity index is 306. The summed E-state index contributed by atoms with van der Waals surface area (Å²) in [6, 6.07) is -0.115. The number of carbonyl (C=O) groups is 2. The molecule has 2 aliphatic rings. The molecule has 0 radical (unpaired) electrons. The molecule has 2 saturated heterocycles. The lowest BCUT2D eigenvalue weighted by atomic mass is 10.1. The third-order valence-corrected chi connectivity index (χ3v) is 3.66. The van der Waals surface area contributed by atoms with Gasteiger partial charge in [0.15, 0.2) is 0 Å². The van der Waals surface area contributed by atoms with Gasteiger partial charge in [0.1, 0.15) is 6.04 Å². The van der Waals surface area contributed by atoms with Crippen molar-refractivity contribution in [2.24, 2.45) is 0 Å². The number of hydrogen-bond acceptors (Lipinski definition) is 3. The van der Waals surface area contributed by atoms with Crippen molar-refractivity contribution in [2.45, 2.75) is 50.7 Å². The zero-order chi connectivity index (χ0) is 11.7. The maximum Gasteiger partial charge on any atom is 0.320 e. The minimum absolute atomic E-state index is 0.0532. The van der Waals surface area contributed by atoms with Crippen LogP contribution in [-0.2, 0) is 9.59 Å². The molecule has 0 aromatic carbocycles. The Morgan fingerprint density at radius 2 is 2.25 bits per heavy atom. The van der Waals surface area contributed by atoms with E-state index in [1.165, 1.54) is 0 Å². The second-order valence-corrected chi connectivity index (χ2v) is 4.60. The monoisotopic (exact) mass is 226 g/mol. The molecule has 2 N–H and O–H groups in total. The largest absolute Gasteiger partial charge is 0.480 e. The highest BCUT2D eigenvalue weighted by molar-refractivity contribution is 5.78. The molecule has 0 aromatic rings. The maximum absolute atomic E-state index is 11.4. The lowest BCUT2D eigenvalue weighted by molar-refractivity contribution is -0.145. The SMILES string of the molecule is CCC(C(=O)O)N1C2CCC1CC(=O)NC2. The second-order valence-electron chi connectivity index (χ2n) is 4.60. The molecule has 2 aliphatic heterocycles. The Morgan fingerprint density at radius 1 is 1.56 bits per heavy atom. The Morgan fingerprint density at radius 3 is 2.88 bits per heavy atom. The fourth-order valence-corrected chi connectivity index (χ4v) is 2.94. The van der Waals surface area contributed by atoms with Gasteiger partial charge in [-0.1, -0.05) is 6.92 Å². The number of carboxylic acids is 1. The zero-order valence-electron chi connectivity index (χ0n) is 9.48. The van der Waals surface area contributed by atoms with Gasteiger partial charge in [0.2, 0.25) is 5.91 Å². The third kappa shape index (κ3) is 1.91. The van der Waals surface area contributed by atoms with Gasteiger partial charge in [0.05, 0.1) is 0 Å². The summed E-state index contributed by atoms with van der Waals surface area (Å²) in [7, 11) is 0. The van der Waals surface area contributed by atoms with Crippen LogP contribution in [0.4, 0.5) is 0 Å². The Hall–Kier alpha value is -1.10. The average molecular weight is 226 g/mol. The summed E-state index contributed by atoms with van der Waals surface area (Å²) in [4.78, 5) is 24.7. The standard InChI is InChI=1S/C11H18N2O3/c1-2-9(11(15)16)13-7-3-4-8(13)6-12-10(14)5-7/h7-9H,2-6H2,1H3,(H,12,14)(H,15,16). The molecule has 2 fully saturated rings. The van der Waals surface area contributed by atoms with Gasteiger partial charge >= 0.3 is 5.97 Å². The van der Waals surface area contributed by atoms with E-state index in [0.717, 1.165) is 12.8 Å². The van der Waals surface area contributed by atoms with Crippen LogP contribution in [0, 0.1) is 0 Å². The van der Waals surface area contributed by atoms with Gasteiger partial charge in [-0.15, -0.1) is 0 Å². The van der Waals surface area contributed by atoms with Gasteiger partial charge in [0.25, 0.3) is 0 Å². The van der Waals surface area contributed by atoms with Crippen LogP contribution in [0.1, 0.15) is 32.6 Å². The van der Waals surface area contributed by atoms with Crippen molar-refractivity contribution in [3.63, 3.8) is 0 Å². The Kier molecular flexibility index (Phi) is 3.14. The minimum atomic E-state index is -0.770. The summed E-state index contributed by atoms with van der Waals surface area (Å²) in [5.74, 6) is -0.716. The number of carboxylic acid groups (broad SMARTS) is 1. The molecule has 0 saturated carbocycles. The van der Waals surface area contributed by atoms with E-state index < -0.39 is 12.0 Å². The van der Waals surface area contributed by atoms with Crippen LogP contribution in [-0.4, -0.2) is 46.6 Å². The lowest BCUT2D eigenvalue weighted by Gasteiger charge is -2.32. The second kappa shape index (κ2) is 4.41. The van der Waals surface area contributed by atoms with E-state index in [-0.39, 0.29) is 18.0 Å². The Balaban J connectivity index is 2.19. The molecule has 90 valence electrons. The maximum atomic E-state index is 11.4. The molecule has 1 amide bonds. The number of aliphatic carboxylic acids is 1. The average Bonchev–Trinajstić information content (AvgIpc) is 2.50. The van der Waals surface area contributed by atoms with Crippen LogP contribution in [0.3, 0.4) is 0 Å². The van der Waals surface area contributed by atoms with Gasteiger partial charge in [0, 0.05) is 25.0 Å². The van der Waals surface area contributed by atoms with Gasteiger partial charge < -0.3 is 10.4 Å². The van der Waals surface area contributed by atoms with Crippen molar-refractivity contribution in [2.75, 3.05) is 6.54 Å². The van der Waals surface area contributed by atoms with E-state index in [0.29, 0.717) is 19.4 Å². The molecule has 2 rings (SSSR count). The molecular formula is C11H18N2O3. The van der Waals surface area contributed by atoms with Crippen LogP contribution >= 0.6 is 0 Å². The summed E-state index contributed by atoms with van der Waals surface area (Å²) in [5, 5.41) is 12.0. The van der Waals surface area contributed by atoms with Crippen LogP contribution < -0.4 is 5.32 Å². The number of fused-ring (bicyclic) bond motifs is 2. The summed E-state index contributed by atoms with van der Waals surface area (Å²) < 4.78 is 0. The fourth-order valence-electron chi connectivity index (χ4n) is 2.94. The first-order chi connectivity index (χ1) is 7.63. The molecule has 0 aromatic heterocycles. The summed E-state index contributed by atoms with van der Waals surface area (Å²) in [5.41, 5.74) is 0. The normalized spacial score (nSPS) is 31.9. The summed E-state index contributed by atoms with van der Waals surface area (Å²) in [6.45, 7) is 2.48. The van der Waals surface area contributed by atoms with E-state index in [2.05, 4.69) is 5.32 Å². The molecule has 3 unspecified atom stereocenters. The number of nitrogens with zero attached hydrogens (tertiary/aromatic N) is 1. The fraction of sp³-hybridized carbons (Fsp3) is 0.818. The highest BCUT2D eigenvalue weighted by atomic mass is 16.4. The number of nitrogens with one attached hydrogen (secondary N) is 1. The van der Waals surface area contributed by atoms with Crippen molar-refractivity contribution >= 4 is 11.9 Å². The number of rotatable bonds is 3. The molecule has 0 spiro atoms. The van der Waals surface area contributed by atoms with E-state index in [1.807, 2.05) is 11.8 Å². The molecule has 2 heterocycles. The Labute approximate surface area is 94.8 Å². The van der Waals surface area contributed by atoms with Crippen LogP contribution in [0.5, 0.6) is 0 Å². The first kappa shape index (κ1) is 11.4. The number of carbonyl (C=O) groups excluding carboxylic acids is 1. The van der Waals surface area contributed by atoms with E-state index >= 15 is 0 Å². The molecule has 5 nitrogen and oxygen atoms in total. The predicted octanol–water partition coefficient (Wildman–Crippen LogP) is 0.203. The molecule has 2 bridgehead atoms. The molecule has 5 heteroatoms. The van der Waals surface area contributed by atoms with Gasteiger partial charge in [-0.25, -0.2) is 0 Å². The van der Waals surface area contributed by atoms with Gasteiger partial charge in [-0.2, -0.15) is 0 Å². The van der Waals surface area contributed by atoms with Gasteiger partial charge in [-0.05, 0) is 19.3 Å². The van der Waals surface area contributed by atoms with Crippen molar-refractivity contribution in [1.29, 1.82) is 0 Å². The molecule has 16 heavy (non-hydrogen) atoms. The quantitative estimate of drug-likeness (QED) is 0.721. The van der Waals surface area contributed by atoms with Crippen molar-refractivity contribution in [3.05, 3.63) is 0 Å². The predicted molar refractivity (Wildman–Crippen MR) is 58.0 cm³/mol. The number of amides is 1.